The van der Waals surface area contributed by atoms with Gasteiger partial charge in [-0.05, 0) is 30.3 Å². The van der Waals surface area contributed by atoms with Crippen LogP contribution in [-0.4, -0.2) is 27.2 Å². The Morgan fingerprint density at radius 1 is 0.957 bits per heavy atom. The molecule has 0 atom stereocenters. The molecule has 0 aromatic heterocycles. The lowest BCUT2D eigenvalue weighted by atomic mass is 10.1. The van der Waals surface area contributed by atoms with Gasteiger partial charge in [-0.1, -0.05) is 11.6 Å². The van der Waals surface area contributed by atoms with Crippen LogP contribution in [0.15, 0.2) is 36.4 Å². The lowest BCUT2D eigenvalue weighted by molar-refractivity contribution is 0.0950. The SMILES string of the molecule is COc1cc(OC)c(OC)cc1CNC(=O)c1ccc(Cl)cc1. The van der Waals surface area contributed by atoms with Gasteiger partial charge in [-0.15, -0.1) is 0 Å². The Morgan fingerprint density at radius 3 is 2.09 bits per heavy atom. The van der Waals surface area contributed by atoms with Crippen LogP contribution < -0.4 is 19.5 Å². The van der Waals surface area contributed by atoms with Crippen molar-refractivity contribution >= 4 is 17.5 Å². The van der Waals surface area contributed by atoms with E-state index in [1.165, 1.54) is 0 Å². The first-order chi connectivity index (χ1) is 11.1. The third-order valence-corrected chi connectivity index (χ3v) is 3.58. The van der Waals surface area contributed by atoms with E-state index in [2.05, 4.69) is 5.32 Å². The Morgan fingerprint density at radius 2 is 1.52 bits per heavy atom. The monoisotopic (exact) mass is 335 g/mol. The maximum atomic E-state index is 12.2. The van der Waals surface area contributed by atoms with Crippen molar-refractivity contribution in [1.82, 2.24) is 5.32 Å². The number of amides is 1. The van der Waals surface area contributed by atoms with Gasteiger partial charge in [0.05, 0.1) is 21.3 Å². The zero-order valence-corrected chi connectivity index (χ0v) is 13.9. The van der Waals surface area contributed by atoms with Crippen molar-refractivity contribution in [3.63, 3.8) is 0 Å². The van der Waals surface area contributed by atoms with E-state index >= 15 is 0 Å². The molecule has 1 amide bonds. The van der Waals surface area contributed by atoms with Crippen molar-refractivity contribution in [2.75, 3.05) is 21.3 Å². The first-order valence-corrected chi connectivity index (χ1v) is 7.29. The Labute approximate surface area is 140 Å². The van der Waals surface area contributed by atoms with E-state index in [0.29, 0.717) is 34.4 Å². The number of methoxy groups -OCH3 is 3. The summed E-state index contributed by atoms with van der Waals surface area (Å²) in [5, 5.41) is 3.43. The fraction of sp³-hybridized carbons (Fsp3) is 0.235. The van der Waals surface area contributed by atoms with E-state index in [1.54, 1.807) is 57.7 Å². The second-order valence-corrected chi connectivity index (χ2v) is 5.15. The van der Waals surface area contributed by atoms with Crippen LogP contribution in [0.2, 0.25) is 5.02 Å². The van der Waals surface area contributed by atoms with E-state index in [1.807, 2.05) is 0 Å². The van der Waals surface area contributed by atoms with E-state index in [4.69, 9.17) is 25.8 Å². The second-order valence-electron chi connectivity index (χ2n) is 4.71. The fourth-order valence-corrected chi connectivity index (χ4v) is 2.24. The van der Waals surface area contributed by atoms with Crippen LogP contribution in [0, 0.1) is 0 Å². The first kappa shape index (κ1) is 17.0. The Bertz CT molecular complexity index is 686. The molecule has 1 N–H and O–H groups in total. The molecular weight excluding hydrogens is 318 g/mol. The number of halogens is 1. The van der Waals surface area contributed by atoms with Gasteiger partial charge in [0.15, 0.2) is 11.5 Å². The molecule has 2 aromatic carbocycles. The van der Waals surface area contributed by atoms with Gasteiger partial charge in [-0.2, -0.15) is 0 Å². The van der Waals surface area contributed by atoms with E-state index < -0.39 is 0 Å². The number of carbonyl (C=O) groups excluding carboxylic acids is 1. The van der Waals surface area contributed by atoms with Crippen LogP contribution in [-0.2, 0) is 6.54 Å². The maximum Gasteiger partial charge on any atom is 0.251 e. The Kier molecular flexibility index (Phi) is 5.71. The molecule has 5 nitrogen and oxygen atoms in total. The molecule has 2 aromatic rings. The van der Waals surface area contributed by atoms with Crippen LogP contribution in [0.25, 0.3) is 0 Å². The zero-order valence-electron chi connectivity index (χ0n) is 13.2. The average Bonchev–Trinajstić information content (AvgIpc) is 2.59. The van der Waals surface area contributed by atoms with E-state index in [-0.39, 0.29) is 5.91 Å². The Balaban J connectivity index is 2.16. The average molecular weight is 336 g/mol. The maximum absolute atomic E-state index is 12.2. The number of nitrogens with one attached hydrogen (secondary N) is 1. The quantitative estimate of drug-likeness (QED) is 0.880. The smallest absolute Gasteiger partial charge is 0.251 e. The number of rotatable bonds is 6. The number of hydrogen-bond acceptors (Lipinski definition) is 4. The van der Waals surface area contributed by atoms with Gasteiger partial charge in [0.1, 0.15) is 5.75 Å². The van der Waals surface area contributed by atoms with Gasteiger partial charge < -0.3 is 19.5 Å². The molecule has 0 saturated heterocycles. The predicted octanol–water partition coefficient (Wildman–Crippen LogP) is 3.30. The highest BCUT2D eigenvalue weighted by Gasteiger charge is 2.13. The van der Waals surface area contributed by atoms with E-state index in [0.717, 1.165) is 5.56 Å². The molecule has 0 radical (unpaired) electrons. The van der Waals surface area contributed by atoms with Gasteiger partial charge in [0.25, 0.3) is 5.91 Å². The molecule has 0 aliphatic rings. The minimum Gasteiger partial charge on any atom is -0.496 e. The molecule has 122 valence electrons. The standard InChI is InChI=1S/C17H18ClNO4/c1-21-14-9-16(23-3)15(22-2)8-12(14)10-19-17(20)11-4-6-13(18)7-5-11/h4-9H,10H2,1-3H3,(H,19,20). The third-order valence-electron chi connectivity index (χ3n) is 3.33. The van der Waals surface area contributed by atoms with Crippen molar-refractivity contribution in [2.24, 2.45) is 0 Å². The van der Waals surface area contributed by atoms with Crippen LogP contribution in [0.3, 0.4) is 0 Å². The van der Waals surface area contributed by atoms with Gasteiger partial charge in [0, 0.05) is 28.8 Å². The lowest BCUT2D eigenvalue weighted by Crippen LogP contribution is -2.23. The molecular formula is C17H18ClNO4. The summed E-state index contributed by atoms with van der Waals surface area (Å²) in [7, 11) is 4.67. The first-order valence-electron chi connectivity index (χ1n) is 6.91. The minimum absolute atomic E-state index is 0.196. The van der Waals surface area contributed by atoms with Crippen LogP contribution in [0.1, 0.15) is 15.9 Å². The molecule has 6 heteroatoms. The van der Waals surface area contributed by atoms with Crippen molar-refractivity contribution in [2.45, 2.75) is 6.54 Å². The number of benzene rings is 2. The van der Waals surface area contributed by atoms with Gasteiger partial charge >= 0.3 is 0 Å². The molecule has 0 heterocycles. The van der Waals surface area contributed by atoms with Gasteiger partial charge in [0.2, 0.25) is 0 Å². The molecule has 0 bridgehead atoms. The molecule has 0 spiro atoms. The van der Waals surface area contributed by atoms with Crippen molar-refractivity contribution < 1.29 is 19.0 Å². The summed E-state index contributed by atoms with van der Waals surface area (Å²) in [4.78, 5) is 12.2. The summed E-state index contributed by atoms with van der Waals surface area (Å²) in [5.41, 5.74) is 1.32. The summed E-state index contributed by atoms with van der Waals surface area (Å²) in [6.07, 6.45) is 0. The second kappa shape index (κ2) is 7.74. The molecule has 0 saturated carbocycles. The van der Waals surface area contributed by atoms with Crippen molar-refractivity contribution in [3.05, 3.63) is 52.5 Å². The van der Waals surface area contributed by atoms with E-state index in [9.17, 15) is 4.79 Å². The fourth-order valence-electron chi connectivity index (χ4n) is 2.11. The molecule has 0 fully saturated rings. The molecule has 2 rings (SSSR count). The van der Waals surface area contributed by atoms with Crippen molar-refractivity contribution in [1.29, 1.82) is 0 Å². The normalized spacial score (nSPS) is 10.1. The molecule has 0 unspecified atom stereocenters. The minimum atomic E-state index is -0.196. The summed E-state index contributed by atoms with van der Waals surface area (Å²) in [6.45, 7) is 0.297. The highest BCUT2D eigenvalue weighted by atomic mass is 35.5. The lowest BCUT2D eigenvalue weighted by Gasteiger charge is -2.14. The number of carbonyl (C=O) groups is 1. The van der Waals surface area contributed by atoms with Crippen LogP contribution >= 0.6 is 11.6 Å². The summed E-state index contributed by atoms with van der Waals surface area (Å²) in [6, 6.07) is 10.2. The summed E-state index contributed by atoms with van der Waals surface area (Å²) >= 11 is 5.82. The number of ether oxygens (including phenoxy) is 3. The summed E-state index contributed by atoms with van der Waals surface area (Å²) in [5.74, 6) is 1.55. The topological polar surface area (TPSA) is 56.8 Å². The highest BCUT2D eigenvalue weighted by molar-refractivity contribution is 6.30. The predicted molar refractivity (Wildman–Crippen MR) is 88.7 cm³/mol. The number of hydrogen-bond donors (Lipinski definition) is 1. The third kappa shape index (κ3) is 4.07. The molecule has 0 aliphatic carbocycles. The molecule has 0 aliphatic heterocycles. The van der Waals surface area contributed by atoms with Gasteiger partial charge in [-0.25, -0.2) is 0 Å². The van der Waals surface area contributed by atoms with Crippen molar-refractivity contribution in [3.8, 4) is 17.2 Å². The highest BCUT2D eigenvalue weighted by Crippen LogP contribution is 2.34. The largest absolute Gasteiger partial charge is 0.496 e. The molecule has 23 heavy (non-hydrogen) atoms. The van der Waals surface area contributed by atoms with Crippen LogP contribution in [0.5, 0.6) is 17.2 Å². The zero-order chi connectivity index (χ0) is 16.8. The summed E-state index contributed by atoms with van der Waals surface area (Å²) < 4.78 is 15.8. The Hall–Kier alpha value is -2.40. The van der Waals surface area contributed by atoms with Gasteiger partial charge in [-0.3, -0.25) is 4.79 Å². The van der Waals surface area contributed by atoms with Crippen LogP contribution in [0.4, 0.5) is 0 Å².